The highest BCUT2D eigenvalue weighted by Gasteiger charge is 2.18. The third-order valence-electron chi connectivity index (χ3n) is 3.60. The second kappa shape index (κ2) is 4.14. The molecule has 0 atom stereocenters. The zero-order chi connectivity index (χ0) is 12.0. The second-order valence-corrected chi connectivity index (χ2v) is 5.81. The van der Waals surface area contributed by atoms with Crippen molar-refractivity contribution in [2.75, 3.05) is 6.54 Å². The first kappa shape index (κ1) is 11.3. The molecule has 1 aliphatic heterocycles. The lowest BCUT2D eigenvalue weighted by Gasteiger charge is -2.17. The minimum Gasteiger partial charge on any atom is -0.341 e. The van der Waals surface area contributed by atoms with Gasteiger partial charge in [-0.3, -0.25) is 0 Å². The molecule has 2 heterocycles. The van der Waals surface area contributed by atoms with Crippen molar-refractivity contribution in [1.29, 1.82) is 0 Å². The summed E-state index contributed by atoms with van der Waals surface area (Å²) in [6, 6.07) is 6.86. The Bertz CT molecular complexity index is 569. The zero-order valence-corrected chi connectivity index (χ0v) is 11.8. The van der Waals surface area contributed by atoms with Crippen molar-refractivity contribution in [3.8, 4) is 0 Å². The predicted molar refractivity (Wildman–Crippen MR) is 75.4 cm³/mol. The topological polar surface area (TPSA) is 17.0 Å². The van der Waals surface area contributed by atoms with Crippen LogP contribution >= 0.6 is 15.9 Å². The van der Waals surface area contributed by atoms with E-state index < -0.39 is 0 Å². The van der Waals surface area contributed by atoms with Gasteiger partial charge in [0.25, 0.3) is 0 Å². The fourth-order valence-corrected chi connectivity index (χ4v) is 3.24. The number of halogens is 1. The molecule has 1 aromatic carbocycles. The molecule has 3 rings (SSSR count). The lowest BCUT2D eigenvalue weighted by atomic mass is 10.0. The molecule has 1 aromatic heterocycles. The Labute approximate surface area is 110 Å². The fourth-order valence-electron chi connectivity index (χ4n) is 2.57. The van der Waals surface area contributed by atoms with Crippen molar-refractivity contribution < 1.29 is 0 Å². The van der Waals surface area contributed by atoms with Gasteiger partial charge in [0.05, 0.1) is 0 Å². The van der Waals surface area contributed by atoms with Gasteiger partial charge in [-0.1, -0.05) is 19.9 Å². The summed E-state index contributed by atoms with van der Waals surface area (Å²) >= 11 is 3.76. The Kier molecular flexibility index (Phi) is 2.75. The number of nitrogens with zero attached hydrogens (tertiary/aromatic N) is 1. The van der Waals surface area contributed by atoms with E-state index in [4.69, 9.17) is 0 Å². The number of hydrogen-bond donors (Lipinski definition) is 1. The van der Waals surface area contributed by atoms with E-state index in [1.807, 2.05) is 0 Å². The van der Waals surface area contributed by atoms with Crippen molar-refractivity contribution >= 4 is 26.8 Å². The number of aromatic nitrogens is 1. The SMILES string of the molecule is CC(C)c1ccc2c(c1)c(Br)c1n2CCNC1. The van der Waals surface area contributed by atoms with Gasteiger partial charge < -0.3 is 9.88 Å². The van der Waals surface area contributed by atoms with Crippen LogP contribution in [0.5, 0.6) is 0 Å². The molecule has 0 spiro atoms. The van der Waals surface area contributed by atoms with Crippen LogP contribution in [0, 0.1) is 0 Å². The third-order valence-corrected chi connectivity index (χ3v) is 4.48. The molecule has 0 amide bonds. The fraction of sp³-hybridized carbons (Fsp3) is 0.429. The summed E-state index contributed by atoms with van der Waals surface area (Å²) in [7, 11) is 0. The number of nitrogens with one attached hydrogen (secondary N) is 1. The summed E-state index contributed by atoms with van der Waals surface area (Å²) in [5.41, 5.74) is 4.15. The molecule has 1 N–H and O–H groups in total. The molecule has 0 saturated carbocycles. The molecular weight excluding hydrogens is 276 g/mol. The summed E-state index contributed by atoms with van der Waals surface area (Å²) in [5, 5.41) is 4.79. The van der Waals surface area contributed by atoms with E-state index in [0.717, 1.165) is 19.6 Å². The van der Waals surface area contributed by atoms with E-state index in [1.165, 1.54) is 26.6 Å². The average molecular weight is 293 g/mol. The van der Waals surface area contributed by atoms with E-state index in [9.17, 15) is 0 Å². The smallest absolute Gasteiger partial charge is 0.0495 e. The molecule has 0 bridgehead atoms. The molecule has 90 valence electrons. The Hall–Kier alpha value is -0.800. The first-order valence-electron chi connectivity index (χ1n) is 6.19. The van der Waals surface area contributed by atoms with Gasteiger partial charge in [-0.25, -0.2) is 0 Å². The molecule has 2 aromatic rings. The number of hydrogen-bond acceptors (Lipinski definition) is 1. The largest absolute Gasteiger partial charge is 0.341 e. The van der Waals surface area contributed by atoms with Crippen molar-refractivity contribution in [3.63, 3.8) is 0 Å². The van der Waals surface area contributed by atoms with Crippen molar-refractivity contribution in [2.45, 2.75) is 32.9 Å². The Morgan fingerprint density at radius 2 is 2.18 bits per heavy atom. The van der Waals surface area contributed by atoms with Crippen molar-refractivity contribution in [3.05, 3.63) is 33.9 Å². The zero-order valence-electron chi connectivity index (χ0n) is 10.3. The standard InChI is InChI=1S/C14H17BrN2/c1-9(2)10-3-4-12-11(7-10)14(15)13-8-16-5-6-17(12)13/h3-4,7,9,16H,5-6,8H2,1-2H3. The first-order chi connectivity index (χ1) is 8.18. The van der Waals surface area contributed by atoms with Crippen molar-refractivity contribution in [2.24, 2.45) is 0 Å². The predicted octanol–water partition coefficient (Wildman–Crippen LogP) is 3.63. The van der Waals surface area contributed by atoms with Gasteiger partial charge in [-0.2, -0.15) is 0 Å². The summed E-state index contributed by atoms with van der Waals surface area (Å²) < 4.78 is 3.70. The maximum Gasteiger partial charge on any atom is 0.0495 e. The van der Waals surface area contributed by atoms with Gasteiger partial charge in [-0.15, -0.1) is 0 Å². The maximum absolute atomic E-state index is 3.76. The monoisotopic (exact) mass is 292 g/mol. The van der Waals surface area contributed by atoms with Gasteiger partial charge in [0.2, 0.25) is 0 Å². The van der Waals surface area contributed by atoms with Crippen LogP contribution in [-0.2, 0) is 13.1 Å². The van der Waals surface area contributed by atoms with Gasteiger partial charge in [0, 0.05) is 40.7 Å². The van der Waals surface area contributed by atoms with E-state index in [-0.39, 0.29) is 0 Å². The maximum atomic E-state index is 3.76. The summed E-state index contributed by atoms with van der Waals surface area (Å²) in [5.74, 6) is 0.585. The molecule has 0 fully saturated rings. The molecule has 0 saturated heterocycles. The lowest BCUT2D eigenvalue weighted by molar-refractivity contribution is 0.525. The average Bonchev–Trinajstić information content (AvgIpc) is 2.64. The molecule has 0 aliphatic carbocycles. The minimum atomic E-state index is 0.585. The Morgan fingerprint density at radius 1 is 1.35 bits per heavy atom. The van der Waals surface area contributed by atoms with Gasteiger partial charge in [0.15, 0.2) is 0 Å². The van der Waals surface area contributed by atoms with Crippen LogP contribution < -0.4 is 5.32 Å². The molecular formula is C14H17BrN2. The highest BCUT2D eigenvalue weighted by Crippen LogP contribution is 2.34. The van der Waals surface area contributed by atoms with Crippen LogP contribution in [-0.4, -0.2) is 11.1 Å². The molecule has 0 radical (unpaired) electrons. The van der Waals surface area contributed by atoms with Gasteiger partial charge in [-0.05, 0) is 39.5 Å². The van der Waals surface area contributed by atoms with Crippen LogP contribution in [0.4, 0.5) is 0 Å². The normalized spacial score (nSPS) is 15.5. The molecule has 0 unspecified atom stereocenters. The number of benzene rings is 1. The molecule has 1 aliphatic rings. The molecule has 3 heteroatoms. The van der Waals surface area contributed by atoms with Crippen LogP contribution in [0.15, 0.2) is 22.7 Å². The van der Waals surface area contributed by atoms with E-state index in [0.29, 0.717) is 5.92 Å². The van der Waals surface area contributed by atoms with E-state index >= 15 is 0 Å². The van der Waals surface area contributed by atoms with Crippen LogP contribution in [0.1, 0.15) is 31.0 Å². The summed E-state index contributed by atoms with van der Waals surface area (Å²) in [4.78, 5) is 0. The Balaban J connectivity index is 2.27. The van der Waals surface area contributed by atoms with Gasteiger partial charge >= 0.3 is 0 Å². The quantitative estimate of drug-likeness (QED) is 0.849. The van der Waals surface area contributed by atoms with Crippen LogP contribution in [0.3, 0.4) is 0 Å². The highest BCUT2D eigenvalue weighted by molar-refractivity contribution is 9.10. The van der Waals surface area contributed by atoms with E-state index in [2.05, 4.69) is 57.9 Å². The summed E-state index contributed by atoms with van der Waals surface area (Å²) in [6.07, 6.45) is 0. The summed E-state index contributed by atoms with van der Waals surface area (Å²) in [6.45, 7) is 7.58. The highest BCUT2D eigenvalue weighted by atomic mass is 79.9. The van der Waals surface area contributed by atoms with Crippen LogP contribution in [0.2, 0.25) is 0 Å². The number of fused-ring (bicyclic) bond motifs is 3. The third kappa shape index (κ3) is 1.72. The van der Waals surface area contributed by atoms with Crippen LogP contribution in [0.25, 0.3) is 10.9 Å². The second-order valence-electron chi connectivity index (χ2n) is 5.02. The minimum absolute atomic E-state index is 0.585. The molecule has 2 nitrogen and oxygen atoms in total. The number of rotatable bonds is 1. The van der Waals surface area contributed by atoms with Crippen molar-refractivity contribution in [1.82, 2.24) is 9.88 Å². The lowest BCUT2D eigenvalue weighted by Crippen LogP contribution is -2.27. The molecule has 17 heavy (non-hydrogen) atoms. The van der Waals surface area contributed by atoms with Gasteiger partial charge in [0.1, 0.15) is 0 Å². The Morgan fingerprint density at radius 3 is 2.94 bits per heavy atom. The van der Waals surface area contributed by atoms with E-state index in [1.54, 1.807) is 0 Å². The first-order valence-corrected chi connectivity index (χ1v) is 6.99.